The first kappa shape index (κ1) is 23.1. The lowest BCUT2D eigenvalue weighted by Gasteiger charge is -2.30. The number of fused-ring (bicyclic) bond motifs is 1. The molecule has 0 aliphatic carbocycles. The third kappa shape index (κ3) is 4.54. The quantitative estimate of drug-likeness (QED) is 0.660. The highest BCUT2D eigenvalue weighted by atomic mass is 19.3. The molecule has 1 fully saturated rings. The van der Waals surface area contributed by atoms with Crippen molar-refractivity contribution in [2.24, 2.45) is 0 Å². The lowest BCUT2D eigenvalue weighted by Crippen LogP contribution is -2.41. The molecule has 1 aromatic carbocycles. The fourth-order valence-electron chi connectivity index (χ4n) is 4.52. The summed E-state index contributed by atoms with van der Waals surface area (Å²) in [5, 5.41) is 7.65. The van der Waals surface area contributed by atoms with E-state index >= 15 is 0 Å². The van der Waals surface area contributed by atoms with E-state index in [-0.39, 0.29) is 23.5 Å². The maximum Gasteiger partial charge on any atom is 0.387 e. The van der Waals surface area contributed by atoms with Crippen LogP contribution in [0.3, 0.4) is 0 Å². The minimum absolute atomic E-state index is 0.0726. The van der Waals surface area contributed by atoms with E-state index in [1.165, 1.54) is 6.07 Å². The van der Waals surface area contributed by atoms with E-state index in [1.807, 2.05) is 18.0 Å². The average Bonchev–Trinajstić information content (AvgIpc) is 3.20. The van der Waals surface area contributed by atoms with Crippen molar-refractivity contribution in [3.05, 3.63) is 29.0 Å². The molecule has 0 saturated carbocycles. The molecule has 0 bridgehead atoms. The van der Waals surface area contributed by atoms with Crippen molar-refractivity contribution in [3.8, 4) is 5.75 Å². The van der Waals surface area contributed by atoms with Gasteiger partial charge in [-0.15, -0.1) is 0 Å². The molecule has 0 spiro atoms. The molecule has 0 unspecified atom stereocenters. The first-order valence-electron chi connectivity index (χ1n) is 11.0. The second kappa shape index (κ2) is 9.42. The smallest absolute Gasteiger partial charge is 0.387 e. The number of halogens is 2. The fraction of sp³-hybridized carbons (Fsp3) is 0.545. The van der Waals surface area contributed by atoms with Crippen LogP contribution in [-0.2, 0) is 17.7 Å². The van der Waals surface area contributed by atoms with Crippen molar-refractivity contribution < 1.29 is 23.0 Å². The summed E-state index contributed by atoms with van der Waals surface area (Å²) in [6.45, 7) is 1.13. The number of hydrogen-bond acceptors (Lipinski definition) is 6. The van der Waals surface area contributed by atoms with Gasteiger partial charge in [0.2, 0.25) is 0 Å². The van der Waals surface area contributed by atoms with Crippen LogP contribution in [0, 0.1) is 6.92 Å². The van der Waals surface area contributed by atoms with Crippen LogP contribution in [0.15, 0.2) is 12.1 Å². The highest BCUT2D eigenvalue weighted by molar-refractivity contribution is 5.75. The Morgan fingerprint density at radius 3 is 2.76 bits per heavy atom. The molecule has 11 heteroatoms. The molecule has 2 aromatic rings. The van der Waals surface area contributed by atoms with Gasteiger partial charge in [-0.25, -0.2) is 4.79 Å². The van der Waals surface area contributed by atoms with E-state index in [4.69, 9.17) is 15.6 Å². The summed E-state index contributed by atoms with van der Waals surface area (Å²) in [6.07, 6.45) is 2.41. The summed E-state index contributed by atoms with van der Waals surface area (Å²) < 4.78 is 38.1. The molecule has 33 heavy (non-hydrogen) atoms. The lowest BCUT2D eigenvalue weighted by molar-refractivity contribution is -0.0493. The van der Waals surface area contributed by atoms with Crippen molar-refractivity contribution in [2.45, 2.75) is 45.4 Å². The summed E-state index contributed by atoms with van der Waals surface area (Å²) in [4.78, 5) is 15.9. The van der Waals surface area contributed by atoms with Gasteiger partial charge in [-0.05, 0) is 31.4 Å². The summed E-state index contributed by atoms with van der Waals surface area (Å²) >= 11 is 0. The van der Waals surface area contributed by atoms with Crippen LogP contribution in [0.5, 0.6) is 5.75 Å². The van der Waals surface area contributed by atoms with E-state index in [1.54, 1.807) is 18.9 Å². The molecule has 180 valence electrons. The van der Waals surface area contributed by atoms with Crippen LogP contribution in [0.1, 0.15) is 35.7 Å². The topological polar surface area (TPSA) is 97.9 Å². The summed E-state index contributed by atoms with van der Waals surface area (Å²) in [5.74, 6) is 0.605. The van der Waals surface area contributed by atoms with Crippen LogP contribution in [0.2, 0.25) is 0 Å². The third-order valence-corrected chi connectivity index (χ3v) is 6.36. The number of nitrogen functional groups attached to an aromatic ring is 1. The summed E-state index contributed by atoms with van der Waals surface area (Å²) in [5.41, 5.74) is 9.42. The highest BCUT2D eigenvalue weighted by Crippen LogP contribution is 2.38. The van der Waals surface area contributed by atoms with Crippen molar-refractivity contribution in [3.63, 3.8) is 0 Å². The van der Waals surface area contributed by atoms with Crippen molar-refractivity contribution >= 4 is 23.2 Å². The van der Waals surface area contributed by atoms with Crippen LogP contribution in [0.4, 0.5) is 30.8 Å². The molecular weight excluding hydrogens is 434 g/mol. The Morgan fingerprint density at radius 2 is 2.09 bits per heavy atom. The minimum atomic E-state index is -2.98. The predicted molar refractivity (Wildman–Crippen MR) is 120 cm³/mol. The molecule has 2 aliphatic rings. The number of urea groups is 1. The molecule has 2 amide bonds. The summed E-state index contributed by atoms with van der Waals surface area (Å²) in [7, 11) is 3.44. The zero-order valence-electron chi connectivity index (χ0n) is 19.1. The van der Waals surface area contributed by atoms with Crippen LogP contribution >= 0.6 is 0 Å². The molecular formula is C22H30F2N6O3. The van der Waals surface area contributed by atoms with Gasteiger partial charge < -0.3 is 30.3 Å². The number of nitrogens with zero attached hydrogens (tertiary/aromatic N) is 4. The SMILES string of the molecule is CNC(=O)N1CCc2c(c(N(C)c3cc(C)c(N)c(OC(F)F)c3)nn2C2CCOCC2)C1. The Kier molecular flexibility index (Phi) is 6.59. The standard InChI is InChI=1S/C22H30F2N6O3/c1-13-10-15(11-18(19(13)25)33-21(23)24)28(3)20-16-12-29(22(31)26-2)7-4-17(16)30(27-20)14-5-8-32-9-6-14/h10-11,14,21H,4-9,12,25H2,1-3H3,(H,26,31). The normalized spacial score (nSPS) is 16.6. The Balaban J connectivity index is 1.76. The first-order valence-corrected chi connectivity index (χ1v) is 11.0. The maximum atomic E-state index is 12.9. The van der Waals surface area contributed by atoms with Crippen molar-refractivity contribution in [1.29, 1.82) is 0 Å². The Hall–Kier alpha value is -3.08. The van der Waals surface area contributed by atoms with E-state index < -0.39 is 6.61 Å². The molecule has 3 heterocycles. The molecule has 2 aliphatic heterocycles. The van der Waals surface area contributed by atoms with Gasteiger partial charge in [0.15, 0.2) is 11.6 Å². The van der Waals surface area contributed by atoms with Gasteiger partial charge in [0.1, 0.15) is 0 Å². The largest absolute Gasteiger partial charge is 0.433 e. The van der Waals surface area contributed by atoms with Gasteiger partial charge >= 0.3 is 12.6 Å². The number of benzene rings is 1. The van der Waals surface area contributed by atoms with Crippen molar-refractivity contribution in [1.82, 2.24) is 20.0 Å². The number of hydrogen-bond donors (Lipinski definition) is 2. The molecule has 4 rings (SSSR count). The maximum absolute atomic E-state index is 12.9. The predicted octanol–water partition coefficient (Wildman–Crippen LogP) is 3.19. The summed E-state index contributed by atoms with van der Waals surface area (Å²) in [6, 6.07) is 3.37. The number of alkyl halides is 2. The van der Waals surface area contributed by atoms with Gasteiger partial charge in [0.25, 0.3) is 0 Å². The number of aryl methyl sites for hydroxylation is 1. The number of rotatable bonds is 5. The van der Waals surface area contributed by atoms with Gasteiger partial charge in [0.05, 0.1) is 18.3 Å². The second-order valence-corrected chi connectivity index (χ2v) is 8.38. The van der Waals surface area contributed by atoms with E-state index in [0.717, 1.165) is 24.1 Å². The minimum Gasteiger partial charge on any atom is -0.433 e. The molecule has 9 nitrogen and oxygen atoms in total. The Labute approximate surface area is 191 Å². The van der Waals surface area contributed by atoms with E-state index in [2.05, 4.69) is 14.7 Å². The molecule has 1 aromatic heterocycles. The van der Waals surface area contributed by atoms with Crippen LogP contribution < -0.4 is 20.7 Å². The number of amides is 2. The number of nitrogens with one attached hydrogen (secondary N) is 1. The number of aromatic nitrogens is 2. The van der Waals surface area contributed by atoms with Crippen molar-refractivity contribution in [2.75, 3.05) is 44.5 Å². The highest BCUT2D eigenvalue weighted by Gasteiger charge is 2.32. The molecule has 3 N–H and O–H groups in total. The third-order valence-electron chi connectivity index (χ3n) is 6.36. The lowest BCUT2D eigenvalue weighted by atomic mass is 10.0. The first-order chi connectivity index (χ1) is 15.8. The van der Waals surface area contributed by atoms with Gasteiger partial charge in [0, 0.05) is 63.3 Å². The van der Waals surface area contributed by atoms with E-state index in [0.29, 0.717) is 49.8 Å². The van der Waals surface area contributed by atoms with Gasteiger partial charge in [-0.1, -0.05) is 0 Å². The van der Waals surface area contributed by atoms with Crippen LogP contribution in [0.25, 0.3) is 0 Å². The number of carbonyl (C=O) groups is 1. The molecule has 0 radical (unpaired) electrons. The fourth-order valence-corrected chi connectivity index (χ4v) is 4.52. The number of ether oxygens (including phenoxy) is 2. The Bertz CT molecular complexity index is 1020. The van der Waals surface area contributed by atoms with Crippen LogP contribution in [-0.4, -0.2) is 61.2 Å². The monoisotopic (exact) mass is 464 g/mol. The van der Waals surface area contributed by atoms with E-state index in [9.17, 15) is 13.6 Å². The van der Waals surface area contributed by atoms with Gasteiger partial charge in [-0.3, -0.25) is 4.68 Å². The second-order valence-electron chi connectivity index (χ2n) is 8.38. The Morgan fingerprint density at radius 1 is 1.36 bits per heavy atom. The zero-order valence-corrected chi connectivity index (χ0v) is 19.1. The number of anilines is 3. The molecule has 1 saturated heterocycles. The van der Waals surface area contributed by atoms with Gasteiger partial charge in [-0.2, -0.15) is 13.9 Å². The molecule has 0 atom stereocenters. The zero-order chi connectivity index (χ0) is 23.7. The number of nitrogens with two attached hydrogens (primary N) is 1. The number of carbonyl (C=O) groups excluding carboxylic acids is 1. The average molecular weight is 465 g/mol.